The minimum atomic E-state index is -0.819. The molecule has 0 amide bonds. The molecule has 1 aromatic carbocycles. The van der Waals surface area contributed by atoms with Gasteiger partial charge in [-0.25, -0.2) is 4.79 Å². The Bertz CT molecular complexity index is 682. The summed E-state index contributed by atoms with van der Waals surface area (Å²) in [6.07, 6.45) is 0.00533. The third kappa shape index (κ3) is 2.88. The summed E-state index contributed by atoms with van der Waals surface area (Å²) < 4.78 is 9.85. The number of hydrogen-bond acceptors (Lipinski definition) is 5. The van der Waals surface area contributed by atoms with Gasteiger partial charge in [0.2, 0.25) is 0 Å². The fourth-order valence-corrected chi connectivity index (χ4v) is 1.87. The highest BCUT2D eigenvalue weighted by atomic mass is 16.5. The van der Waals surface area contributed by atoms with E-state index in [-0.39, 0.29) is 23.5 Å². The zero-order chi connectivity index (χ0) is 14.7. The van der Waals surface area contributed by atoms with E-state index in [0.29, 0.717) is 5.75 Å². The van der Waals surface area contributed by atoms with Crippen LogP contribution in [-0.2, 0) is 6.42 Å². The lowest BCUT2D eigenvalue weighted by molar-refractivity contribution is 0.0986. The third-order valence-electron chi connectivity index (χ3n) is 2.86. The second kappa shape index (κ2) is 5.61. The molecule has 5 nitrogen and oxygen atoms in total. The lowest BCUT2D eigenvalue weighted by atomic mass is 10.0. The Balaban J connectivity index is 2.26. The van der Waals surface area contributed by atoms with Gasteiger partial charge in [-0.05, 0) is 24.6 Å². The molecular formula is C15H14O5. The number of ether oxygens (including phenoxy) is 1. The molecule has 0 spiro atoms. The van der Waals surface area contributed by atoms with Gasteiger partial charge < -0.3 is 14.3 Å². The number of carbonyl (C=O) groups excluding carboxylic acids is 1. The molecule has 2 aromatic rings. The molecule has 0 unspecified atom stereocenters. The maximum absolute atomic E-state index is 12.1. The van der Waals surface area contributed by atoms with E-state index >= 15 is 0 Å². The van der Waals surface area contributed by atoms with Gasteiger partial charge in [-0.15, -0.1) is 0 Å². The molecule has 1 N–H and O–H groups in total. The average molecular weight is 274 g/mol. The summed E-state index contributed by atoms with van der Waals surface area (Å²) in [5.74, 6) is 0.103. The topological polar surface area (TPSA) is 76.7 Å². The van der Waals surface area contributed by atoms with Crippen LogP contribution in [0.4, 0.5) is 0 Å². The number of Topliss-reactive ketones (excluding diaryl/α,β-unsaturated/α-hetero) is 1. The number of aryl methyl sites for hydroxylation is 1. The van der Waals surface area contributed by atoms with Crippen LogP contribution in [0.2, 0.25) is 0 Å². The Morgan fingerprint density at radius 1 is 1.30 bits per heavy atom. The van der Waals surface area contributed by atoms with Crippen LogP contribution in [0.1, 0.15) is 21.7 Å². The molecule has 1 heterocycles. The van der Waals surface area contributed by atoms with Crippen molar-refractivity contribution in [2.75, 3.05) is 7.11 Å². The first-order chi connectivity index (χ1) is 9.51. The summed E-state index contributed by atoms with van der Waals surface area (Å²) in [6, 6.07) is 8.15. The number of carbonyl (C=O) groups is 1. The standard InChI is InChI=1S/C15H14O5/c1-9-7-12(16)14(15(18)20-9)13(17)8-10-3-5-11(19-2)6-4-10/h3-7,16H,8H2,1-2H3. The molecule has 1 aromatic heterocycles. The molecule has 104 valence electrons. The van der Waals surface area contributed by atoms with Gasteiger partial charge in [0.05, 0.1) is 7.11 Å². The Hall–Kier alpha value is -2.56. The van der Waals surface area contributed by atoms with Crippen molar-refractivity contribution in [3.05, 3.63) is 57.6 Å². The summed E-state index contributed by atoms with van der Waals surface area (Å²) in [5.41, 5.74) is -0.414. The van der Waals surface area contributed by atoms with Crippen LogP contribution in [0.15, 0.2) is 39.5 Å². The average Bonchev–Trinajstić information content (AvgIpc) is 2.38. The van der Waals surface area contributed by atoms with Crippen LogP contribution in [0, 0.1) is 6.92 Å². The van der Waals surface area contributed by atoms with E-state index in [2.05, 4.69) is 0 Å². The SMILES string of the molecule is COc1ccc(CC(=O)c2c(O)cc(C)oc2=O)cc1. The van der Waals surface area contributed by atoms with Gasteiger partial charge in [0, 0.05) is 12.5 Å². The van der Waals surface area contributed by atoms with Crippen molar-refractivity contribution >= 4 is 5.78 Å². The third-order valence-corrected chi connectivity index (χ3v) is 2.86. The minimum Gasteiger partial charge on any atom is -0.507 e. The van der Waals surface area contributed by atoms with Crippen molar-refractivity contribution < 1.29 is 19.1 Å². The number of hydrogen-bond donors (Lipinski definition) is 1. The Labute approximate surface area is 115 Å². The summed E-state index contributed by atoms with van der Waals surface area (Å²) in [6.45, 7) is 1.53. The first-order valence-electron chi connectivity index (χ1n) is 6.01. The highest BCUT2D eigenvalue weighted by molar-refractivity contribution is 5.99. The van der Waals surface area contributed by atoms with Crippen LogP contribution >= 0.6 is 0 Å². The zero-order valence-corrected chi connectivity index (χ0v) is 11.2. The van der Waals surface area contributed by atoms with E-state index in [0.717, 1.165) is 5.56 Å². The molecule has 5 heteroatoms. The highest BCUT2D eigenvalue weighted by Crippen LogP contribution is 2.18. The normalized spacial score (nSPS) is 10.3. The van der Waals surface area contributed by atoms with Crippen molar-refractivity contribution in [2.45, 2.75) is 13.3 Å². The Morgan fingerprint density at radius 3 is 2.50 bits per heavy atom. The van der Waals surface area contributed by atoms with E-state index in [1.165, 1.54) is 13.0 Å². The molecule has 0 atom stereocenters. The first-order valence-corrected chi connectivity index (χ1v) is 6.01. The van der Waals surface area contributed by atoms with Crippen molar-refractivity contribution in [1.29, 1.82) is 0 Å². The Morgan fingerprint density at radius 2 is 1.95 bits per heavy atom. The van der Waals surface area contributed by atoms with Crippen LogP contribution in [0.5, 0.6) is 11.5 Å². The van der Waals surface area contributed by atoms with Gasteiger partial charge in [0.25, 0.3) is 0 Å². The van der Waals surface area contributed by atoms with E-state index in [1.807, 2.05) is 0 Å². The van der Waals surface area contributed by atoms with Gasteiger partial charge in [-0.2, -0.15) is 0 Å². The molecule has 0 aliphatic carbocycles. The van der Waals surface area contributed by atoms with E-state index < -0.39 is 11.4 Å². The predicted octanol–water partition coefficient (Wildman–Crippen LogP) is 2.09. The van der Waals surface area contributed by atoms with Gasteiger partial charge in [0.15, 0.2) is 5.78 Å². The fraction of sp³-hybridized carbons (Fsp3) is 0.200. The van der Waals surface area contributed by atoms with Crippen LogP contribution in [0.25, 0.3) is 0 Å². The molecule has 0 saturated carbocycles. The molecule has 0 radical (unpaired) electrons. The second-order valence-electron chi connectivity index (χ2n) is 4.35. The fourth-order valence-electron chi connectivity index (χ4n) is 1.87. The van der Waals surface area contributed by atoms with E-state index in [9.17, 15) is 14.7 Å². The van der Waals surface area contributed by atoms with Crippen molar-refractivity contribution in [3.8, 4) is 11.5 Å². The molecule has 0 saturated heterocycles. The summed E-state index contributed by atoms with van der Waals surface area (Å²) >= 11 is 0. The maximum atomic E-state index is 12.1. The second-order valence-corrected chi connectivity index (χ2v) is 4.35. The van der Waals surface area contributed by atoms with Crippen LogP contribution < -0.4 is 10.4 Å². The van der Waals surface area contributed by atoms with E-state index in [1.54, 1.807) is 31.4 Å². The van der Waals surface area contributed by atoms with Crippen molar-refractivity contribution in [2.24, 2.45) is 0 Å². The molecule has 20 heavy (non-hydrogen) atoms. The first kappa shape index (κ1) is 13.9. The molecule has 0 aliphatic heterocycles. The molecular weight excluding hydrogens is 260 g/mol. The number of benzene rings is 1. The lowest BCUT2D eigenvalue weighted by Crippen LogP contribution is -2.16. The lowest BCUT2D eigenvalue weighted by Gasteiger charge is -2.04. The van der Waals surface area contributed by atoms with Gasteiger partial charge in [0.1, 0.15) is 22.8 Å². The maximum Gasteiger partial charge on any atom is 0.350 e. The largest absolute Gasteiger partial charge is 0.507 e. The van der Waals surface area contributed by atoms with Gasteiger partial charge in [-0.3, -0.25) is 4.79 Å². The highest BCUT2D eigenvalue weighted by Gasteiger charge is 2.18. The summed E-state index contributed by atoms with van der Waals surface area (Å²) in [5, 5.41) is 9.70. The number of rotatable bonds is 4. The van der Waals surface area contributed by atoms with E-state index in [4.69, 9.17) is 9.15 Å². The molecule has 0 bridgehead atoms. The summed E-state index contributed by atoms with van der Waals surface area (Å²) in [4.78, 5) is 23.7. The zero-order valence-electron chi connectivity index (χ0n) is 11.2. The van der Waals surface area contributed by atoms with Gasteiger partial charge in [-0.1, -0.05) is 12.1 Å². The smallest absolute Gasteiger partial charge is 0.350 e. The minimum absolute atomic E-state index is 0.00533. The number of ketones is 1. The van der Waals surface area contributed by atoms with Crippen LogP contribution in [-0.4, -0.2) is 18.0 Å². The molecule has 0 aliphatic rings. The predicted molar refractivity (Wildman–Crippen MR) is 72.4 cm³/mol. The monoisotopic (exact) mass is 274 g/mol. The molecule has 0 fully saturated rings. The van der Waals surface area contributed by atoms with Crippen molar-refractivity contribution in [1.82, 2.24) is 0 Å². The Kier molecular flexibility index (Phi) is 3.89. The van der Waals surface area contributed by atoms with Crippen molar-refractivity contribution in [3.63, 3.8) is 0 Å². The van der Waals surface area contributed by atoms with Gasteiger partial charge >= 0.3 is 5.63 Å². The number of aromatic hydroxyl groups is 1. The quantitative estimate of drug-likeness (QED) is 0.864. The summed E-state index contributed by atoms with van der Waals surface area (Å²) in [7, 11) is 1.55. The number of methoxy groups -OCH3 is 1. The van der Waals surface area contributed by atoms with Crippen LogP contribution in [0.3, 0.4) is 0 Å². The molecule has 2 rings (SSSR count).